The van der Waals surface area contributed by atoms with Crippen molar-refractivity contribution in [1.82, 2.24) is 10.2 Å². The van der Waals surface area contributed by atoms with Crippen LogP contribution in [-0.2, 0) is 4.79 Å². The maximum absolute atomic E-state index is 13.4. The van der Waals surface area contributed by atoms with Gasteiger partial charge in [-0.2, -0.15) is 0 Å². The Morgan fingerprint density at radius 2 is 1.83 bits per heavy atom. The molecule has 1 heterocycles. The Kier molecular flexibility index (Phi) is 6.88. The van der Waals surface area contributed by atoms with Crippen LogP contribution in [0, 0.1) is 5.92 Å². The topological polar surface area (TPSA) is 84.7 Å². The number of likely N-dealkylation sites (tertiary alicyclic amines) is 1. The van der Waals surface area contributed by atoms with Crippen LogP contribution >= 0.6 is 0 Å². The average Bonchev–Trinajstić information content (AvgIpc) is 2.77. The van der Waals surface area contributed by atoms with Crippen LogP contribution in [0.2, 0.25) is 0 Å². The summed E-state index contributed by atoms with van der Waals surface area (Å²) in [4.78, 5) is 28.1. The first-order chi connectivity index (χ1) is 14.0. The van der Waals surface area contributed by atoms with Crippen LogP contribution in [0.15, 0.2) is 54.6 Å². The molecule has 2 amide bonds. The second-order valence-corrected chi connectivity index (χ2v) is 7.59. The molecule has 1 fully saturated rings. The van der Waals surface area contributed by atoms with E-state index in [4.69, 9.17) is 10.5 Å². The van der Waals surface area contributed by atoms with Gasteiger partial charge in [-0.1, -0.05) is 30.3 Å². The highest BCUT2D eigenvalue weighted by molar-refractivity contribution is 5.98. The Hall–Kier alpha value is -2.86. The molecule has 6 heteroatoms. The normalized spacial score (nSPS) is 18.6. The van der Waals surface area contributed by atoms with Crippen LogP contribution in [0.3, 0.4) is 0 Å². The van der Waals surface area contributed by atoms with Crippen molar-refractivity contribution in [3.05, 3.63) is 65.7 Å². The van der Waals surface area contributed by atoms with E-state index in [2.05, 4.69) is 5.32 Å². The molecule has 154 valence electrons. The molecule has 0 spiro atoms. The third kappa shape index (κ3) is 5.15. The van der Waals surface area contributed by atoms with Gasteiger partial charge in [0.25, 0.3) is 5.91 Å². The summed E-state index contributed by atoms with van der Waals surface area (Å²) in [6, 6.07) is 15.5. The van der Waals surface area contributed by atoms with Gasteiger partial charge in [-0.3, -0.25) is 9.59 Å². The number of carbonyl (C=O) groups excluding carboxylic acids is 2. The van der Waals surface area contributed by atoms with E-state index in [1.54, 1.807) is 31.4 Å². The first-order valence-corrected chi connectivity index (χ1v) is 10.0. The Morgan fingerprint density at radius 3 is 2.45 bits per heavy atom. The molecule has 0 aromatic heterocycles. The van der Waals surface area contributed by atoms with Crippen LogP contribution in [0.5, 0.6) is 5.75 Å². The van der Waals surface area contributed by atoms with E-state index in [1.165, 1.54) is 0 Å². The summed E-state index contributed by atoms with van der Waals surface area (Å²) < 4.78 is 5.14. The Balaban J connectivity index is 1.81. The Labute approximate surface area is 172 Å². The van der Waals surface area contributed by atoms with E-state index in [1.807, 2.05) is 42.2 Å². The number of amides is 2. The third-order valence-electron chi connectivity index (χ3n) is 5.52. The van der Waals surface area contributed by atoms with Crippen LogP contribution < -0.4 is 15.8 Å². The van der Waals surface area contributed by atoms with Gasteiger partial charge in [-0.05, 0) is 55.5 Å². The zero-order valence-corrected chi connectivity index (χ0v) is 17.0. The molecule has 3 rings (SSSR count). The van der Waals surface area contributed by atoms with Crippen molar-refractivity contribution in [1.29, 1.82) is 0 Å². The maximum atomic E-state index is 13.4. The minimum Gasteiger partial charge on any atom is -0.497 e. The van der Waals surface area contributed by atoms with Gasteiger partial charge in [0.05, 0.1) is 7.11 Å². The van der Waals surface area contributed by atoms with Gasteiger partial charge in [-0.25, -0.2) is 0 Å². The summed E-state index contributed by atoms with van der Waals surface area (Å²) in [5, 5.41) is 2.93. The molecule has 1 aliphatic heterocycles. The molecule has 1 saturated heterocycles. The van der Waals surface area contributed by atoms with Crippen molar-refractivity contribution in [3.63, 3.8) is 0 Å². The highest BCUT2D eigenvalue weighted by atomic mass is 16.5. The lowest BCUT2D eigenvalue weighted by molar-refractivity contribution is -0.135. The number of methoxy groups -OCH3 is 1. The van der Waals surface area contributed by atoms with Crippen molar-refractivity contribution in [3.8, 4) is 5.75 Å². The summed E-state index contributed by atoms with van der Waals surface area (Å²) in [5.74, 6) is 0.563. The van der Waals surface area contributed by atoms with Crippen molar-refractivity contribution >= 4 is 11.8 Å². The lowest BCUT2D eigenvalue weighted by Crippen LogP contribution is -2.49. The average molecular weight is 396 g/mol. The van der Waals surface area contributed by atoms with Gasteiger partial charge in [0, 0.05) is 24.7 Å². The quantitative estimate of drug-likeness (QED) is 0.788. The van der Waals surface area contributed by atoms with Crippen molar-refractivity contribution in [2.24, 2.45) is 11.7 Å². The molecular weight excluding hydrogens is 366 g/mol. The number of nitrogens with one attached hydrogen (secondary N) is 1. The van der Waals surface area contributed by atoms with Crippen LogP contribution in [0.1, 0.15) is 41.7 Å². The van der Waals surface area contributed by atoms with Crippen LogP contribution in [-0.4, -0.2) is 43.0 Å². The molecule has 3 unspecified atom stereocenters. The lowest BCUT2D eigenvalue weighted by Gasteiger charge is -2.36. The predicted octanol–water partition coefficient (Wildman–Crippen LogP) is 2.75. The first-order valence-electron chi connectivity index (χ1n) is 10.0. The highest BCUT2D eigenvalue weighted by Gasteiger charge is 2.32. The number of nitrogens with zero attached hydrogens (tertiary/aromatic N) is 1. The minimum absolute atomic E-state index is 0.0367. The fourth-order valence-corrected chi connectivity index (χ4v) is 3.71. The van der Waals surface area contributed by atoms with Gasteiger partial charge in [0.1, 0.15) is 11.8 Å². The number of piperidine rings is 1. The number of hydrogen-bond acceptors (Lipinski definition) is 4. The van der Waals surface area contributed by atoms with E-state index in [-0.39, 0.29) is 23.8 Å². The largest absolute Gasteiger partial charge is 0.497 e. The standard InChI is InChI=1S/C23H29N3O3/c1-16(24)19-9-6-14-26(15-19)23(28)21(17-7-4-3-5-8-17)25-22(27)18-10-12-20(29-2)13-11-18/h3-5,7-8,10-13,16,19,21H,6,9,14-15,24H2,1-2H3,(H,25,27). The molecule has 2 aromatic carbocycles. The number of hydrogen-bond donors (Lipinski definition) is 2. The highest BCUT2D eigenvalue weighted by Crippen LogP contribution is 2.24. The number of nitrogens with two attached hydrogens (primary N) is 1. The summed E-state index contributed by atoms with van der Waals surface area (Å²) in [7, 11) is 1.58. The Morgan fingerprint density at radius 1 is 1.14 bits per heavy atom. The van der Waals surface area contributed by atoms with Crippen molar-refractivity contribution < 1.29 is 14.3 Å². The fourth-order valence-electron chi connectivity index (χ4n) is 3.71. The number of carbonyl (C=O) groups is 2. The van der Waals surface area contributed by atoms with E-state index in [0.717, 1.165) is 18.4 Å². The van der Waals surface area contributed by atoms with E-state index in [9.17, 15) is 9.59 Å². The first kappa shape index (κ1) is 20.9. The minimum atomic E-state index is -0.738. The van der Waals surface area contributed by atoms with Crippen LogP contribution in [0.25, 0.3) is 0 Å². The monoisotopic (exact) mass is 395 g/mol. The second kappa shape index (κ2) is 9.56. The van der Waals surface area contributed by atoms with E-state index >= 15 is 0 Å². The summed E-state index contributed by atoms with van der Waals surface area (Å²) in [6.45, 7) is 3.29. The molecule has 2 aromatic rings. The predicted molar refractivity (Wildman–Crippen MR) is 113 cm³/mol. The third-order valence-corrected chi connectivity index (χ3v) is 5.52. The smallest absolute Gasteiger partial charge is 0.252 e. The summed E-state index contributed by atoms with van der Waals surface area (Å²) in [6.07, 6.45) is 1.95. The lowest BCUT2D eigenvalue weighted by atomic mass is 9.91. The van der Waals surface area contributed by atoms with Gasteiger partial charge >= 0.3 is 0 Å². The molecule has 0 saturated carbocycles. The van der Waals surface area contributed by atoms with Gasteiger partial charge < -0.3 is 20.7 Å². The summed E-state index contributed by atoms with van der Waals surface area (Å²) in [5.41, 5.74) is 7.32. The second-order valence-electron chi connectivity index (χ2n) is 7.59. The van der Waals surface area contributed by atoms with Gasteiger partial charge in [0.2, 0.25) is 5.91 Å². The zero-order valence-electron chi connectivity index (χ0n) is 17.0. The molecule has 1 aliphatic rings. The van der Waals surface area contributed by atoms with E-state index in [0.29, 0.717) is 24.4 Å². The molecule has 0 aliphatic carbocycles. The maximum Gasteiger partial charge on any atom is 0.252 e. The SMILES string of the molecule is COc1ccc(C(=O)NC(C(=O)N2CCCC(C(C)N)C2)c2ccccc2)cc1. The number of ether oxygens (including phenoxy) is 1. The fraction of sp³-hybridized carbons (Fsp3) is 0.391. The van der Waals surface area contributed by atoms with Crippen molar-refractivity contribution in [2.45, 2.75) is 31.8 Å². The molecule has 3 N–H and O–H groups in total. The molecule has 0 radical (unpaired) electrons. The Bertz CT molecular complexity index is 821. The molecular formula is C23H29N3O3. The van der Waals surface area contributed by atoms with Gasteiger partial charge in [-0.15, -0.1) is 0 Å². The number of rotatable bonds is 6. The molecule has 6 nitrogen and oxygen atoms in total. The summed E-state index contributed by atoms with van der Waals surface area (Å²) >= 11 is 0. The molecule has 29 heavy (non-hydrogen) atoms. The molecule has 0 bridgehead atoms. The van der Waals surface area contributed by atoms with E-state index < -0.39 is 6.04 Å². The van der Waals surface area contributed by atoms with Gasteiger partial charge in [0.15, 0.2) is 0 Å². The molecule has 3 atom stereocenters. The van der Waals surface area contributed by atoms with Crippen LogP contribution in [0.4, 0.5) is 0 Å². The zero-order chi connectivity index (χ0) is 20.8. The van der Waals surface area contributed by atoms with Crippen molar-refractivity contribution in [2.75, 3.05) is 20.2 Å². The number of benzene rings is 2.